The fourth-order valence-corrected chi connectivity index (χ4v) is 5.18. The number of alkyl halides is 6. The first-order chi connectivity index (χ1) is 18.1. The van der Waals surface area contributed by atoms with Gasteiger partial charge in [-0.05, 0) is 48.0 Å². The van der Waals surface area contributed by atoms with Gasteiger partial charge in [-0.15, -0.1) is 13.2 Å². The number of amides is 1. The molecule has 0 bridgehead atoms. The number of nitrogens with zero attached hydrogens (tertiary/aromatic N) is 2. The Balaban J connectivity index is 1.85. The van der Waals surface area contributed by atoms with Crippen LogP contribution in [0.3, 0.4) is 0 Å². The van der Waals surface area contributed by atoms with E-state index in [1.54, 1.807) is 0 Å². The Morgan fingerprint density at radius 1 is 1.08 bits per heavy atom. The van der Waals surface area contributed by atoms with Crippen molar-refractivity contribution in [2.45, 2.75) is 30.1 Å². The summed E-state index contributed by atoms with van der Waals surface area (Å²) in [7, 11) is -3.32. The molecule has 9 nitrogen and oxygen atoms in total. The van der Waals surface area contributed by atoms with Crippen molar-refractivity contribution in [2.24, 2.45) is 0 Å². The van der Waals surface area contributed by atoms with Gasteiger partial charge in [0.15, 0.2) is 6.10 Å². The summed E-state index contributed by atoms with van der Waals surface area (Å²) in [5, 5.41) is 15.2. The number of rotatable bonds is 5. The summed E-state index contributed by atoms with van der Waals surface area (Å²) in [4.78, 5) is 15.1. The van der Waals surface area contributed by atoms with Gasteiger partial charge in [0.05, 0.1) is 22.8 Å². The maximum absolute atomic E-state index is 13.7. The Hall–Kier alpha value is -4.05. The second kappa shape index (κ2) is 9.92. The van der Waals surface area contributed by atoms with Crippen LogP contribution in [0.4, 0.5) is 43.5 Å². The van der Waals surface area contributed by atoms with Gasteiger partial charge in [0, 0.05) is 12.6 Å². The molecule has 0 spiro atoms. The van der Waals surface area contributed by atoms with Crippen molar-refractivity contribution in [3.63, 3.8) is 0 Å². The van der Waals surface area contributed by atoms with Crippen LogP contribution in [0, 0.1) is 0 Å². The Morgan fingerprint density at radius 3 is 2.33 bits per heavy atom. The van der Waals surface area contributed by atoms with Crippen LogP contribution in [0.1, 0.15) is 22.9 Å². The molecule has 0 radical (unpaired) electrons. The molecule has 1 aliphatic rings. The summed E-state index contributed by atoms with van der Waals surface area (Å²) in [6.45, 7) is -0.552. The number of aliphatic hydroxyl groups excluding tert-OH is 1. The number of benzene rings is 2. The number of aromatic nitrogens is 1. The number of carbonyl (C=O) groups is 1. The van der Waals surface area contributed by atoms with Gasteiger partial charge < -0.3 is 20.5 Å². The number of halogens is 6. The van der Waals surface area contributed by atoms with Gasteiger partial charge in [-0.1, -0.05) is 12.1 Å². The van der Waals surface area contributed by atoms with Crippen LogP contribution in [0.15, 0.2) is 59.5 Å². The molecule has 1 aliphatic heterocycles. The Kier molecular flexibility index (Phi) is 7.12. The van der Waals surface area contributed by atoms with E-state index in [4.69, 9.17) is 0 Å². The average Bonchev–Trinajstić information content (AvgIpc) is 3.02. The number of hydrogen-bond donors (Lipinski definition) is 3. The first-order valence-corrected chi connectivity index (χ1v) is 12.3. The van der Waals surface area contributed by atoms with Gasteiger partial charge in [-0.25, -0.2) is 13.4 Å². The van der Waals surface area contributed by atoms with Crippen molar-refractivity contribution in [3.05, 3.63) is 71.4 Å². The van der Waals surface area contributed by atoms with E-state index in [2.05, 4.69) is 20.4 Å². The molecule has 2 heterocycles. The van der Waals surface area contributed by atoms with E-state index < -0.39 is 57.5 Å². The second-order valence-electron chi connectivity index (χ2n) is 8.15. The van der Waals surface area contributed by atoms with Crippen molar-refractivity contribution in [3.8, 4) is 5.75 Å². The zero-order valence-corrected chi connectivity index (χ0v) is 20.4. The molecule has 1 atom stereocenters. The third-order valence-corrected chi connectivity index (χ3v) is 7.36. The molecule has 3 aromatic rings. The molecule has 208 valence electrons. The minimum absolute atomic E-state index is 0.0333. The molecule has 0 saturated heterocycles. The van der Waals surface area contributed by atoms with Gasteiger partial charge in [0.25, 0.3) is 15.9 Å². The fourth-order valence-electron chi connectivity index (χ4n) is 3.72. The number of fused-ring (bicyclic) bond motifs is 2. The normalized spacial score (nSPS) is 14.4. The van der Waals surface area contributed by atoms with Crippen LogP contribution in [-0.4, -0.2) is 37.8 Å². The molecule has 1 amide bonds. The topological polar surface area (TPSA) is 121 Å². The van der Waals surface area contributed by atoms with Gasteiger partial charge in [0.1, 0.15) is 17.3 Å². The van der Waals surface area contributed by atoms with Crippen molar-refractivity contribution >= 4 is 33.1 Å². The van der Waals surface area contributed by atoms with E-state index in [1.807, 2.05) is 0 Å². The highest BCUT2D eigenvalue weighted by Gasteiger charge is 2.36. The number of sulfonamides is 1. The number of anilines is 3. The molecular weight excluding hydrogens is 558 g/mol. The lowest BCUT2D eigenvalue weighted by Crippen LogP contribution is -2.31. The second-order valence-corrected chi connectivity index (χ2v) is 10.0. The molecule has 39 heavy (non-hydrogen) atoms. The molecule has 0 saturated carbocycles. The highest BCUT2D eigenvalue weighted by atomic mass is 32.2. The highest BCUT2D eigenvalue weighted by Crippen LogP contribution is 2.41. The zero-order chi connectivity index (χ0) is 28.8. The smallest absolute Gasteiger partial charge is 0.406 e. The lowest BCUT2D eigenvalue weighted by Gasteiger charge is -2.25. The molecule has 3 N–H and O–H groups in total. The van der Waals surface area contributed by atoms with Crippen LogP contribution in [-0.2, 0) is 27.5 Å². The van der Waals surface area contributed by atoms with Gasteiger partial charge in [-0.3, -0.25) is 9.10 Å². The molecule has 0 fully saturated rings. The number of aliphatic hydroxyl groups is 1. The SMILES string of the molecule is CNC(=O)C(O)c1ccc2c(c1)N(S(=O)(=O)c1ccc(OC(F)(F)F)cc1)Cc1ccc(C(F)(F)F)nc1N2. The predicted molar refractivity (Wildman–Crippen MR) is 124 cm³/mol. The molecule has 1 unspecified atom stereocenters. The third kappa shape index (κ3) is 5.85. The average molecular weight is 576 g/mol. The van der Waals surface area contributed by atoms with Gasteiger partial charge in [0.2, 0.25) is 0 Å². The third-order valence-electron chi connectivity index (χ3n) is 5.58. The lowest BCUT2D eigenvalue weighted by atomic mass is 10.1. The highest BCUT2D eigenvalue weighted by molar-refractivity contribution is 7.92. The summed E-state index contributed by atoms with van der Waals surface area (Å²) in [6, 6.07) is 8.67. The molecule has 2 aromatic carbocycles. The first-order valence-electron chi connectivity index (χ1n) is 10.9. The largest absolute Gasteiger partial charge is 0.573 e. The Bertz CT molecular complexity index is 1510. The lowest BCUT2D eigenvalue weighted by molar-refractivity contribution is -0.274. The quantitative estimate of drug-likeness (QED) is 0.389. The Labute approximate surface area is 217 Å². The molecular formula is C23H18F6N4O5S. The number of likely N-dealkylation sites (N-methyl/N-ethyl adjacent to an activating group) is 1. The summed E-state index contributed by atoms with van der Waals surface area (Å²) in [5.74, 6) is -1.78. The maximum atomic E-state index is 13.7. The van der Waals surface area contributed by atoms with E-state index in [0.717, 1.165) is 40.7 Å². The van der Waals surface area contributed by atoms with E-state index in [9.17, 15) is 44.7 Å². The zero-order valence-electron chi connectivity index (χ0n) is 19.6. The Morgan fingerprint density at radius 2 is 1.74 bits per heavy atom. The van der Waals surface area contributed by atoms with Crippen molar-refractivity contribution in [1.29, 1.82) is 0 Å². The number of hydrogen-bond acceptors (Lipinski definition) is 7. The molecule has 0 aliphatic carbocycles. The molecule has 1 aromatic heterocycles. The predicted octanol–water partition coefficient (Wildman–Crippen LogP) is 4.23. The number of carbonyl (C=O) groups excluding carboxylic acids is 1. The van der Waals surface area contributed by atoms with E-state index >= 15 is 0 Å². The minimum atomic E-state index is -5.01. The van der Waals surface area contributed by atoms with Crippen molar-refractivity contribution in [1.82, 2.24) is 10.3 Å². The summed E-state index contributed by atoms with van der Waals surface area (Å²) < 4.78 is 109. The van der Waals surface area contributed by atoms with Gasteiger partial charge in [-0.2, -0.15) is 13.2 Å². The van der Waals surface area contributed by atoms with Gasteiger partial charge >= 0.3 is 12.5 Å². The molecule has 4 rings (SSSR count). The van der Waals surface area contributed by atoms with Crippen LogP contribution in [0.25, 0.3) is 0 Å². The van der Waals surface area contributed by atoms with Crippen molar-refractivity contribution < 1.29 is 49.4 Å². The van der Waals surface area contributed by atoms with E-state index in [-0.39, 0.29) is 28.3 Å². The standard InChI is InChI=1S/C23H18F6N4O5S/c1-30-21(35)19(34)12-2-8-16-17(10-12)33(11-13-3-9-18(22(24,25)26)32-20(13)31-16)39(36,37)15-6-4-14(5-7-15)38-23(27,28)29/h2-10,19,34H,11H2,1H3,(H,30,35)(H,31,32). The number of pyridine rings is 1. The summed E-state index contributed by atoms with van der Waals surface area (Å²) in [6.07, 6.45) is -11.5. The van der Waals surface area contributed by atoms with E-state index in [0.29, 0.717) is 6.07 Å². The summed E-state index contributed by atoms with van der Waals surface area (Å²) >= 11 is 0. The van der Waals surface area contributed by atoms with E-state index in [1.165, 1.54) is 19.2 Å². The van der Waals surface area contributed by atoms with Crippen LogP contribution in [0.2, 0.25) is 0 Å². The first kappa shape index (κ1) is 28.0. The van der Waals surface area contributed by atoms with Crippen LogP contribution in [0.5, 0.6) is 5.75 Å². The molecule has 16 heteroatoms. The number of nitrogens with one attached hydrogen (secondary N) is 2. The minimum Gasteiger partial charge on any atom is -0.406 e. The number of ether oxygens (including phenoxy) is 1. The van der Waals surface area contributed by atoms with Crippen LogP contribution < -0.4 is 19.7 Å². The fraction of sp³-hybridized carbons (Fsp3) is 0.217. The van der Waals surface area contributed by atoms with Crippen molar-refractivity contribution in [2.75, 3.05) is 16.7 Å². The maximum Gasteiger partial charge on any atom is 0.573 e. The monoisotopic (exact) mass is 576 g/mol. The van der Waals surface area contributed by atoms with Crippen LogP contribution >= 0.6 is 0 Å². The summed E-state index contributed by atoms with van der Waals surface area (Å²) in [5.41, 5.74) is -1.45.